The minimum absolute atomic E-state index is 1.11. The molecule has 0 N–H and O–H groups in total. The van der Waals surface area contributed by atoms with E-state index in [-0.39, 0.29) is 0 Å². The van der Waals surface area contributed by atoms with Crippen LogP contribution in [0.3, 0.4) is 0 Å². The fourth-order valence-electron chi connectivity index (χ4n) is 8.30. The molecular formula is C56H39N. The minimum Gasteiger partial charge on any atom is -0.311 e. The first-order chi connectivity index (χ1) is 28.3. The SMILES string of the molecule is c1ccc(-c2ccc(-c3c4ccccc4c(-c4ccc(-c5ccccc5)cc4)c4cc(-c5ccc(N(c6ccccc6)c6ccccc6)cc5)ccc34)cc2)cc1. The number of anilines is 3. The topological polar surface area (TPSA) is 3.24 Å². The van der Waals surface area contributed by atoms with Crippen LogP contribution >= 0.6 is 0 Å². The largest absolute Gasteiger partial charge is 0.311 e. The second kappa shape index (κ2) is 15.0. The molecule has 0 radical (unpaired) electrons. The fraction of sp³-hybridized carbons (Fsp3) is 0. The standard InChI is InChI=1S/C56H39N/c1-5-15-40(16-6-1)42-25-29-45(30-26-42)55-51-23-13-14-24-52(51)56(46-31-27-43(28-32-46)41-17-7-2-8-18-41)54-39-47(35-38-53(54)55)44-33-36-50(37-34-44)57(48-19-9-3-10-20-48)49-21-11-4-12-22-49/h1-39H. The molecule has 0 aliphatic heterocycles. The second-order valence-corrected chi connectivity index (χ2v) is 14.5. The van der Waals surface area contributed by atoms with Crippen LogP contribution in [0.2, 0.25) is 0 Å². The first-order valence-electron chi connectivity index (χ1n) is 19.6. The van der Waals surface area contributed by atoms with Gasteiger partial charge in [0.05, 0.1) is 0 Å². The highest BCUT2D eigenvalue weighted by atomic mass is 15.1. The maximum Gasteiger partial charge on any atom is 0.0462 e. The van der Waals surface area contributed by atoms with Crippen LogP contribution in [0.1, 0.15) is 0 Å². The summed E-state index contributed by atoms with van der Waals surface area (Å²) >= 11 is 0. The summed E-state index contributed by atoms with van der Waals surface area (Å²) in [5, 5.41) is 4.97. The minimum atomic E-state index is 1.11. The molecule has 0 bridgehead atoms. The zero-order valence-electron chi connectivity index (χ0n) is 31.5. The first-order valence-corrected chi connectivity index (χ1v) is 19.6. The molecule has 0 aliphatic carbocycles. The van der Waals surface area contributed by atoms with E-state index in [1.807, 2.05) is 0 Å². The van der Waals surface area contributed by atoms with Crippen LogP contribution in [-0.4, -0.2) is 0 Å². The number of hydrogen-bond acceptors (Lipinski definition) is 1. The number of para-hydroxylation sites is 2. The molecule has 1 nitrogen and oxygen atoms in total. The Balaban J connectivity index is 1.14. The average molecular weight is 726 g/mol. The van der Waals surface area contributed by atoms with E-state index >= 15 is 0 Å². The van der Waals surface area contributed by atoms with Crippen molar-refractivity contribution in [3.05, 3.63) is 237 Å². The predicted octanol–water partition coefficient (Wildman–Crippen LogP) is 15.8. The van der Waals surface area contributed by atoms with Crippen molar-refractivity contribution < 1.29 is 0 Å². The van der Waals surface area contributed by atoms with Crippen molar-refractivity contribution >= 4 is 38.6 Å². The van der Waals surface area contributed by atoms with Crippen molar-refractivity contribution in [3.63, 3.8) is 0 Å². The number of fused-ring (bicyclic) bond motifs is 2. The number of rotatable bonds is 8. The predicted molar refractivity (Wildman–Crippen MR) is 243 cm³/mol. The van der Waals surface area contributed by atoms with Gasteiger partial charge in [-0.2, -0.15) is 0 Å². The summed E-state index contributed by atoms with van der Waals surface area (Å²) in [5.41, 5.74) is 15.5. The van der Waals surface area contributed by atoms with Gasteiger partial charge in [0.15, 0.2) is 0 Å². The van der Waals surface area contributed by atoms with E-state index in [1.165, 1.54) is 77.2 Å². The van der Waals surface area contributed by atoms with E-state index in [2.05, 4.69) is 241 Å². The smallest absolute Gasteiger partial charge is 0.0462 e. The van der Waals surface area contributed by atoms with Crippen LogP contribution in [0.4, 0.5) is 17.1 Å². The molecule has 10 rings (SSSR count). The van der Waals surface area contributed by atoms with Crippen LogP contribution in [-0.2, 0) is 0 Å². The number of nitrogens with zero attached hydrogens (tertiary/aromatic N) is 1. The lowest BCUT2D eigenvalue weighted by atomic mass is 9.84. The van der Waals surface area contributed by atoms with Crippen molar-refractivity contribution in [2.24, 2.45) is 0 Å². The van der Waals surface area contributed by atoms with Crippen LogP contribution in [0.25, 0.3) is 77.2 Å². The van der Waals surface area contributed by atoms with E-state index in [0.29, 0.717) is 0 Å². The molecule has 0 aromatic heterocycles. The lowest BCUT2D eigenvalue weighted by molar-refractivity contribution is 1.28. The summed E-state index contributed by atoms with van der Waals surface area (Å²) in [4.78, 5) is 2.31. The molecule has 0 heterocycles. The van der Waals surface area contributed by atoms with Gasteiger partial charge in [0.2, 0.25) is 0 Å². The molecule has 0 atom stereocenters. The van der Waals surface area contributed by atoms with Gasteiger partial charge in [-0.1, -0.05) is 194 Å². The van der Waals surface area contributed by atoms with Crippen molar-refractivity contribution in [2.45, 2.75) is 0 Å². The summed E-state index contributed by atoms with van der Waals surface area (Å²) < 4.78 is 0. The molecule has 1 heteroatoms. The molecule has 57 heavy (non-hydrogen) atoms. The Morgan fingerprint density at radius 2 is 0.491 bits per heavy atom. The highest BCUT2D eigenvalue weighted by molar-refractivity contribution is 6.22. The van der Waals surface area contributed by atoms with Crippen molar-refractivity contribution in [1.82, 2.24) is 0 Å². The van der Waals surface area contributed by atoms with E-state index in [9.17, 15) is 0 Å². The van der Waals surface area contributed by atoms with Crippen LogP contribution in [0.15, 0.2) is 237 Å². The molecule has 0 spiro atoms. The van der Waals surface area contributed by atoms with Gasteiger partial charge in [0.25, 0.3) is 0 Å². The molecule has 0 saturated carbocycles. The van der Waals surface area contributed by atoms with Gasteiger partial charge in [-0.15, -0.1) is 0 Å². The summed E-state index contributed by atoms with van der Waals surface area (Å²) in [6, 6.07) is 85.5. The van der Waals surface area contributed by atoms with Gasteiger partial charge < -0.3 is 4.90 Å². The first kappa shape index (κ1) is 34.0. The quantitative estimate of drug-likeness (QED) is 0.141. The zero-order valence-corrected chi connectivity index (χ0v) is 31.5. The van der Waals surface area contributed by atoms with E-state index < -0.39 is 0 Å². The summed E-state index contributed by atoms with van der Waals surface area (Å²) in [6.07, 6.45) is 0. The Morgan fingerprint density at radius 3 is 0.965 bits per heavy atom. The molecule has 0 amide bonds. The lowest BCUT2D eigenvalue weighted by Gasteiger charge is -2.25. The maximum atomic E-state index is 2.41. The number of benzene rings is 10. The van der Waals surface area contributed by atoms with Gasteiger partial charge in [-0.25, -0.2) is 0 Å². The molecule has 10 aromatic rings. The third kappa shape index (κ3) is 6.56. The van der Waals surface area contributed by atoms with E-state index in [0.717, 1.165) is 17.1 Å². The van der Waals surface area contributed by atoms with Crippen molar-refractivity contribution in [1.29, 1.82) is 0 Å². The number of hydrogen-bond donors (Lipinski definition) is 0. The third-order valence-corrected chi connectivity index (χ3v) is 11.1. The Kier molecular flexibility index (Phi) is 8.95. The van der Waals surface area contributed by atoms with Crippen molar-refractivity contribution in [3.8, 4) is 55.6 Å². The highest BCUT2D eigenvalue weighted by Gasteiger charge is 2.19. The zero-order chi connectivity index (χ0) is 38.0. The molecule has 10 aromatic carbocycles. The molecule has 268 valence electrons. The normalized spacial score (nSPS) is 11.2. The summed E-state index contributed by atoms with van der Waals surface area (Å²) in [7, 11) is 0. The lowest BCUT2D eigenvalue weighted by Crippen LogP contribution is -2.09. The van der Waals surface area contributed by atoms with Crippen LogP contribution in [0.5, 0.6) is 0 Å². The third-order valence-electron chi connectivity index (χ3n) is 11.1. The fourth-order valence-corrected chi connectivity index (χ4v) is 8.30. The van der Waals surface area contributed by atoms with Gasteiger partial charge in [-0.05, 0) is 120 Å². The highest BCUT2D eigenvalue weighted by Crippen LogP contribution is 2.46. The summed E-state index contributed by atoms with van der Waals surface area (Å²) in [5.74, 6) is 0. The van der Waals surface area contributed by atoms with E-state index in [1.54, 1.807) is 0 Å². The molecule has 0 fully saturated rings. The second-order valence-electron chi connectivity index (χ2n) is 14.5. The Labute approximate surface area is 334 Å². The van der Waals surface area contributed by atoms with Gasteiger partial charge in [0, 0.05) is 17.1 Å². The molecule has 0 saturated heterocycles. The van der Waals surface area contributed by atoms with Gasteiger partial charge >= 0.3 is 0 Å². The van der Waals surface area contributed by atoms with Crippen LogP contribution in [0, 0.1) is 0 Å². The van der Waals surface area contributed by atoms with Gasteiger partial charge in [-0.3, -0.25) is 0 Å². The van der Waals surface area contributed by atoms with Crippen molar-refractivity contribution in [2.75, 3.05) is 4.90 Å². The Hall–Kier alpha value is -7.48. The monoisotopic (exact) mass is 725 g/mol. The molecule has 0 aliphatic rings. The Bertz CT molecular complexity index is 2900. The average Bonchev–Trinajstić information content (AvgIpc) is 3.30. The summed E-state index contributed by atoms with van der Waals surface area (Å²) in [6.45, 7) is 0. The van der Waals surface area contributed by atoms with Gasteiger partial charge in [0.1, 0.15) is 0 Å². The molecular weight excluding hydrogens is 687 g/mol. The van der Waals surface area contributed by atoms with Crippen LogP contribution < -0.4 is 4.90 Å². The molecule has 0 unspecified atom stereocenters. The maximum absolute atomic E-state index is 2.41. The Morgan fingerprint density at radius 1 is 0.193 bits per heavy atom. The van der Waals surface area contributed by atoms with E-state index in [4.69, 9.17) is 0 Å².